The van der Waals surface area contributed by atoms with Crippen LogP contribution in [0, 0.1) is 0 Å². The van der Waals surface area contributed by atoms with Crippen molar-refractivity contribution in [2.45, 2.75) is 13.0 Å². The standard InChI is InChI=1S/C31H32N4O2S/c1-35(2)16-4-14-33-31(36)24-9-12-26-28(20-38-29(26)18-24)23-8-7-22-13-15-32-30(27(22)17-23)34-19-21-5-10-25(37-3)11-6-21/h5-13,15,17-18,20H,4,14,16,19H2,1-3H3,(H,32,34)(H,33,36). The molecule has 0 aliphatic rings. The number of benzene rings is 3. The van der Waals surface area contributed by atoms with Crippen molar-refractivity contribution >= 4 is 43.9 Å². The number of nitrogens with one attached hydrogen (secondary N) is 2. The van der Waals surface area contributed by atoms with Crippen LogP contribution < -0.4 is 15.4 Å². The molecule has 0 atom stereocenters. The number of fused-ring (bicyclic) bond motifs is 2. The Bertz CT molecular complexity index is 1560. The molecule has 1 amide bonds. The van der Waals surface area contributed by atoms with Gasteiger partial charge in [0.1, 0.15) is 11.6 Å². The van der Waals surface area contributed by atoms with E-state index in [4.69, 9.17) is 4.74 Å². The van der Waals surface area contributed by atoms with E-state index in [1.54, 1.807) is 18.4 Å². The normalized spacial score (nSPS) is 11.3. The molecule has 0 unspecified atom stereocenters. The SMILES string of the molecule is COc1ccc(CNc2nccc3ccc(-c4csc5cc(C(=O)NCCCN(C)C)ccc45)cc23)cc1. The highest BCUT2D eigenvalue weighted by Crippen LogP contribution is 2.36. The first kappa shape index (κ1) is 25.7. The molecule has 0 radical (unpaired) electrons. The molecule has 0 spiro atoms. The molecule has 38 heavy (non-hydrogen) atoms. The fourth-order valence-electron chi connectivity index (χ4n) is 4.50. The lowest BCUT2D eigenvalue weighted by Crippen LogP contribution is -2.27. The van der Waals surface area contributed by atoms with Crippen LogP contribution in [0.2, 0.25) is 0 Å². The van der Waals surface area contributed by atoms with Crippen LogP contribution in [0.5, 0.6) is 5.75 Å². The van der Waals surface area contributed by atoms with E-state index in [0.29, 0.717) is 18.7 Å². The van der Waals surface area contributed by atoms with Gasteiger partial charge in [-0.3, -0.25) is 4.79 Å². The van der Waals surface area contributed by atoms with Gasteiger partial charge in [-0.25, -0.2) is 4.98 Å². The predicted molar refractivity (Wildman–Crippen MR) is 158 cm³/mol. The molecule has 3 aromatic carbocycles. The molecule has 2 aromatic heterocycles. The van der Waals surface area contributed by atoms with Gasteiger partial charge in [0, 0.05) is 45.9 Å². The van der Waals surface area contributed by atoms with Crippen LogP contribution in [0.4, 0.5) is 5.82 Å². The number of carbonyl (C=O) groups is 1. The maximum Gasteiger partial charge on any atom is 0.251 e. The first-order valence-electron chi connectivity index (χ1n) is 12.7. The molecule has 194 valence electrons. The molecule has 2 N–H and O–H groups in total. The fraction of sp³-hybridized carbons (Fsp3) is 0.226. The van der Waals surface area contributed by atoms with E-state index >= 15 is 0 Å². The Morgan fingerprint density at radius 2 is 1.84 bits per heavy atom. The van der Waals surface area contributed by atoms with Gasteiger partial charge >= 0.3 is 0 Å². The van der Waals surface area contributed by atoms with Gasteiger partial charge in [0.15, 0.2) is 0 Å². The van der Waals surface area contributed by atoms with Gasteiger partial charge in [-0.2, -0.15) is 0 Å². The van der Waals surface area contributed by atoms with Crippen LogP contribution in [-0.2, 0) is 6.54 Å². The van der Waals surface area contributed by atoms with Gasteiger partial charge in [-0.1, -0.05) is 30.3 Å². The van der Waals surface area contributed by atoms with Crippen molar-refractivity contribution in [2.75, 3.05) is 39.6 Å². The highest BCUT2D eigenvalue weighted by Gasteiger charge is 2.12. The second kappa shape index (κ2) is 11.6. The van der Waals surface area contributed by atoms with E-state index in [9.17, 15) is 4.79 Å². The Hall–Kier alpha value is -3.94. The molecular formula is C31H32N4O2S. The fourth-order valence-corrected chi connectivity index (χ4v) is 5.51. The number of pyridine rings is 1. The van der Waals surface area contributed by atoms with Gasteiger partial charge in [0.25, 0.3) is 5.91 Å². The molecule has 2 heterocycles. The summed E-state index contributed by atoms with van der Waals surface area (Å²) in [7, 11) is 5.75. The summed E-state index contributed by atoms with van der Waals surface area (Å²) in [5, 5.41) is 12.1. The van der Waals surface area contributed by atoms with E-state index in [2.05, 4.69) is 62.3 Å². The van der Waals surface area contributed by atoms with E-state index in [0.717, 1.165) is 62.1 Å². The molecule has 7 heteroatoms. The summed E-state index contributed by atoms with van der Waals surface area (Å²) in [4.78, 5) is 19.4. The lowest BCUT2D eigenvalue weighted by Gasteiger charge is -2.11. The Balaban J connectivity index is 1.36. The Labute approximate surface area is 227 Å². The van der Waals surface area contributed by atoms with Crippen molar-refractivity contribution < 1.29 is 9.53 Å². The highest BCUT2D eigenvalue weighted by atomic mass is 32.1. The number of thiophene rings is 1. The summed E-state index contributed by atoms with van der Waals surface area (Å²) >= 11 is 1.66. The zero-order chi connectivity index (χ0) is 26.5. The molecule has 0 aliphatic heterocycles. The molecule has 0 aliphatic carbocycles. The van der Waals surface area contributed by atoms with Crippen molar-refractivity contribution in [2.24, 2.45) is 0 Å². The lowest BCUT2D eigenvalue weighted by molar-refractivity contribution is 0.0952. The monoisotopic (exact) mass is 524 g/mol. The zero-order valence-corrected chi connectivity index (χ0v) is 22.8. The Morgan fingerprint density at radius 1 is 1.00 bits per heavy atom. The summed E-state index contributed by atoms with van der Waals surface area (Å²) < 4.78 is 6.36. The van der Waals surface area contributed by atoms with Crippen LogP contribution in [-0.4, -0.2) is 50.1 Å². The molecule has 0 fully saturated rings. The van der Waals surface area contributed by atoms with Crippen LogP contribution in [0.3, 0.4) is 0 Å². The number of ether oxygens (including phenoxy) is 1. The van der Waals surface area contributed by atoms with Crippen molar-refractivity contribution in [3.05, 3.63) is 89.4 Å². The van der Waals surface area contributed by atoms with Crippen molar-refractivity contribution in [1.29, 1.82) is 0 Å². The van der Waals surface area contributed by atoms with E-state index < -0.39 is 0 Å². The van der Waals surface area contributed by atoms with Crippen LogP contribution in [0.15, 0.2) is 78.3 Å². The number of carbonyl (C=O) groups excluding carboxylic acids is 1. The number of hydrogen-bond acceptors (Lipinski definition) is 6. The molecule has 5 rings (SSSR count). The summed E-state index contributed by atoms with van der Waals surface area (Å²) in [5.41, 5.74) is 4.14. The first-order valence-corrected chi connectivity index (χ1v) is 13.6. The predicted octanol–water partition coefficient (Wildman–Crippen LogP) is 6.42. The third kappa shape index (κ3) is 5.79. The summed E-state index contributed by atoms with van der Waals surface area (Å²) in [6.07, 6.45) is 2.77. The van der Waals surface area contributed by atoms with Crippen molar-refractivity contribution in [1.82, 2.24) is 15.2 Å². The molecular weight excluding hydrogens is 492 g/mol. The molecule has 6 nitrogen and oxygen atoms in total. The number of nitrogens with zero attached hydrogens (tertiary/aromatic N) is 2. The largest absolute Gasteiger partial charge is 0.497 e. The number of amides is 1. The summed E-state index contributed by atoms with van der Waals surface area (Å²) in [5.74, 6) is 1.68. The second-order valence-electron chi connectivity index (χ2n) is 9.57. The van der Waals surface area contributed by atoms with Crippen LogP contribution >= 0.6 is 11.3 Å². The number of aromatic nitrogens is 1. The van der Waals surface area contributed by atoms with E-state index in [1.807, 2.05) is 50.6 Å². The smallest absolute Gasteiger partial charge is 0.251 e. The zero-order valence-electron chi connectivity index (χ0n) is 22.0. The quantitative estimate of drug-likeness (QED) is 0.206. The number of hydrogen-bond donors (Lipinski definition) is 2. The third-order valence-electron chi connectivity index (χ3n) is 6.60. The molecule has 0 saturated heterocycles. The van der Waals surface area contributed by atoms with Gasteiger partial charge in [-0.15, -0.1) is 11.3 Å². The van der Waals surface area contributed by atoms with Gasteiger partial charge in [0.05, 0.1) is 7.11 Å². The average Bonchev–Trinajstić information content (AvgIpc) is 3.37. The third-order valence-corrected chi connectivity index (χ3v) is 7.55. The minimum Gasteiger partial charge on any atom is -0.497 e. The minimum absolute atomic E-state index is 0.0232. The molecule has 0 bridgehead atoms. The molecule has 0 saturated carbocycles. The lowest BCUT2D eigenvalue weighted by atomic mass is 10.0. The number of anilines is 1. The first-order chi connectivity index (χ1) is 18.5. The van der Waals surface area contributed by atoms with Gasteiger partial charge < -0.3 is 20.3 Å². The highest BCUT2D eigenvalue weighted by molar-refractivity contribution is 7.17. The topological polar surface area (TPSA) is 66.5 Å². The van der Waals surface area contributed by atoms with Gasteiger partial charge in [-0.05, 0) is 85.4 Å². The van der Waals surface area contributed by atoms with Crippen LogP contribution in [0.1, 0.15) is 22.3 Å². The summed E-state index contributed by atoms with van der Waals surface area (Å²) in [6.45, 7) is 2.29. The minimum atomic E-state index is -0.0232. The van der Waals surface area contributed by atoms with E-state index in [-0.39, 0.29) is 5.91 Å². The van der Waals surface area contributed by atoms with Crippen LogP contribution in [0.25, 0.3) is 32.0 Å². The maximum absolute atomic E-state index is 12.6. The number of rotatable bonds is 10. The Morgan fingerprint density at radius 3 is 2.63 bits per heavy atom. The van der Waals surface area contributed by atoms with Crippen molar-refractivity contribution in [3.63, 3.8) is 0 Å². The maximum atomic E-state index is 12.6. The Kier molecular flexibility index (Phi) is 7.86. The summed E-state index contributed by atoms with van der Waals surface area (Å²) in [6, 6.07) is 22.5. The van der Waals surface area contributed by atoms with Gasteiger partial charge in [0.2, 0.25) is 0 Å². The average molecular weight is 525 g/mol. The van der Waals surface area contributed by atoms with E-state index in [1.165, 1.54) is 0 Å². The number of methoxy groups -OCH3 is 1. The second-order valence-corrected chi connectivity index (χ2v) is 10.5. The van der Waals surface area contributed by atoms with Crippen molar-refractivity contribution in [3.8, 4) is 16.9 Å². The molecule has 5 aromatic rings.